The predicted octanol–water partition coefficient (Wildman–Crippen LogP) is 4.84. The van der Waals surface area contributed by atoms with Gasteiger partial charge in [0.1, 0.15) is 11.9 Å². The molecule has 0 bridgehead atoms. The average molecular weight is 398 g/mol. The predicted molar refractivity (Wildman–Crippen MR) is 97.3 cm³/mol. The number of nitrogens with zero attached hydrogens (tertiary/aromatic N) is 2. The summed E-state index contributed by atoms with van der Waals surface area (Å²) in [4.78, 5) is 8.43. The van der Waals surface area contributed by atoms with Crippen LogP contribution in [0.1, 0.15) is 6.92 Å². The highest BCUT2D eigenvalue weighted by atomic mass is 35.5. The molecule has 6 nitrogen and oxygen atoms in total. The Morgan fingerprint density at radius 1 is 1.31 bits per heavy atom. The molecule has 2 heterocycles. The van der Waals surface area contributed by atoms with Crippen molar-refractivity contribution in [2.24, 2.45) is 0 Å². The Morgan fingerprint density at radius 2 is 2.08 bits per heavy atom. The number of hydrogen-bond acceptors (Lipinski definition) is 6. The highest BCUT2D eigenvalue weighted by Gasteiger charge is 2.21. The first-order valence-electron chi connectivity index (χ1n) is 7.53. The molecule has 0 aliphatic heterocycles. The van der Waals surface area contributed by atoms with Crippen LogP contribution in [0, 0.1) is 5.82 Å². The Labute approximate surface area is 158 Å². The Morgan fingerprint density at radius 3 is 2.77 bits per heavy atom. The summed E-state index contributed by atoms with van der Waals surface area (Å²) in [6, 6.07) is 4.42. The molecule has 0 atom stereocenters. The van der Waals surface area contributed by atoms with Gasteiger partial charge in [0.25, 0.3) is 5.89 Å². The molecule has 1 aromatic carbocycles. The van der Waals surface area contributed by atoms with Crippen LogP contribution in [-0.2, 0) is 0 Å². The molecule has 2 N–H and O–H groups in total. The van der Waals surface area contributed by atoms with E-state index in [-0.39, 0.29) is 50.3 Å². The van der Waals surface area contributed by atoms with Gasteiger partial charge in [0.15, 0.2) is 11.6 Å². The van der Waals surface area contributed by atoms with Crippen molar-refractivity contribution in [2.45, 2.75) is 6.92 Å². The van der Waals surface area contributed by atoms with E-state index < -0.39 is 5.82 Å². The number of methoxy groups -OCH3 is 1. The van der Waals surface area contributed by atoms with Crippen molar-refractivity contribution < 1.29 is 18.3 Å². The summed E-state index contributed by atoms with van der Waals surface area (Å²) in [6.45, 7) is 2.22. The van der Waals surface area contributed by atoms with Gasteiger partial charge in [-0.3, -0.25) is 0 Å². The molecular weight excluding hydrogens is 384 g/mol. The second-order valence-corrected chi connectivity index (χ2v) is 5.90. The van der Waals surface area contributed by atoms with Gasteiger partial charge in [-0.1, -0.05) is 23.2 Å². The largest absolute Gasteiger partial charge is 0.492 e. The summed E-state index contributed by atoms with van der Waals surface area (Å²) in [6.07, 6.45) is 1.39. The highest BCUT2D eigenvalue weighted by molar-refractivity contribution is 6.35. The van der Waals surface area contributed by atoms with Crippen LogP contribution in [-0.4, -0.2) is 23.7 Å². The summed E-state index contributed by atoms with van der Waals surface area (Å²) < 4.78 is 30.4. The van der Waals surface area contributed by atoms with Gasteiger partial charge >= 0.3 is 5.95 Å². The number of oxazole rings is 1. The van der Waals surface area contributed by atoms with Crippen LogP contribution < -0.4 is 15.2 Å². The molecule has 0 spiro atoms. The number of aromatic nitrogens is 2. The van der Waals surface area contributed by atoms with Gasteiger partial charge < -0.3 is 19.6 Å². The third-order valence-corrected chi connectivity index (χ3v) is 4.18. The second-order valence-electron chi connectivity index (χ2n) is 5.12. The minimum atomic E-state index is -0.664. The van der Waals surface area contributed by atoms with E-state index in [2.05, 4.69) is 9.97 Å². The Hall–Kier alpha value is -2.51. The lowest BCUT2D eigenvalue weighted by Gasteiger charge is -2.11. The summed E-state index contributed by atoms with van der Waals surface area (Å²) in [7, 11) is 1.32. The summed E-state index contributed by atoms with van der Waals surface area (Å²) in [5, 5.41) is 0.282. The van der Waals surface area contributed by atoms with Crippen LogP contribution in [0.4, 0.5) is 10.1 Å². The summed E-state index contributed by atoms with van der Waals surface area (Å²) >= 11 is 12.2. The van der Waals surface area contributed by atoms with E-state index >= 15 is 0 Å². The van der Waals surface area contributed by atoms with Crippen molar-refractivity contribution in [3.8, 4) is 34.5 Å². The van der Waals surface area contributed by atoms with Crippen molar-refractivity contribution in [1.82, 2.24) is 9.97 Å². The zero-order valence-electron chi connectivity index (χ0n) is 13.8. The molecule has 136 valence electrons. The normalized spacial score (nSPS) is 10.8. The fourth-order valence-corrected chi connectivity index (χ4v) is 2.72. The van der Waals surface area contributed by atoms with E-state index in [0.717, 1.165) is 0 Å². The number of nitrogens with two attached hydrogens (primary N) is 1. The third-order valence-electron chi connectivity index (χ3n) is 3.49. The Kier molecular flexibility index (Phi) is 5.20. The van der Waals surface area contributed by atoms with Crippen LogP contribution in [0.2, 0.25) is 10.0 Å². The van der Waals surface area contributed by atoms with E-state index in [1.807, 2.05) is 6.92 Å². The van der Waals surface area contributed by atoms with E-state index in [1.165, 1.54) is 31.5 Å². The minimum absolute atomic E-state index is 0.0872. The topological polar surface area (TPSA) is 83.4 Å². The number of hydrogen-bond donors (Lipinski definition) is 1. The van der Waals surface area contributed by atoms with E-state index in [9.17, 15) is 4.39 Å². The number of benzene rings is 1. The summed E-state index contributed by atoms with van der Waals surface area (Å²) in [5.41, 5.74) is 6.69. The lowest BCUT2D eigenvalue weighted by atomic mass is 10.1. The second kappa shape index (κ2) is 7.39. The monoisotopic (exact) mass is 397 g/mol. The smallest absolute Gasteiger partial charge is 0.305 e. The van der Waals surface area contributed by atoms with E-state index in [1.54, 1.807) is 0 Å². The fraction of sp³-hybridized carbons (Fsp3) is 0.176. The fourth-order valence-electron chi connectivity index (χ4n) is 2.32. The van der Waals surface area contributed by atoms with Crippen LogP contribution in [0.3, 0.4) is 0 Å². The van der Waals surface area contributed by atoms with Crippen molar-refractivity contribution in [2.75, 3.05) is 19.5 Å². The van der Waals surface area contributed by atoms with Crippen LogP contribution >= 0.6 is 23.2 Å². The molecule has 26 heavy (non-hydrogen) atoms. The van der Waals surface area contributed by atoms with E-state index in [4.69, 9.17) is 42.8 Å². The molecule has 2 aromatic heterocycles. The zero-order chi connectivity index (χ0) is 18.8. The standard InChI is InChI=1S/C17H14Cl2FN3O3/c1-3-25-12-7-22-17(26-12)15-13(19)10(21)6-11(23-15)8-4-5-9(18)16(24-2)14(8)20/h4-7H,3H2,1-2H3,(H2,21,23). The van der Waals surface area contributed by atoms with Crippen LogP contribution in [0.5, 0.6) is 11.7 Å². The maximum absolute atomic E-state index is 14.7. The molecule has 0 amide bonds. The molecule has 0 fully saturated rings. The van der Waals surface area contributed by atoms with Gasteiger partial charge in [-0.25, -0.2) is 14.4 Å². The Balaban J connectivity index is 2.14. The van der Waals surface area contributed by atoms with Gasteiger partial charge in [-0.15, -0.1) is 0 Å². The highest BCUT2D eigenvalue weighted by Crippen LogP contribution is 2.38. The number of rotatable bonds is 5. The molecule has 0 saturated carbocycles. The van der Waals surface area contributed by atoms with Crippen molar-refractivity contribution in [1.29, 1.82) is 0 Å². The first-order valence-corrected chi connectivity index (χ1v) is 8.29. The van der Waals surface area contributed by atoms with E-state index in [0.29, 0.717) is 6.61 Å². The van der Waals surface area contributed by atoms with Crippen LogP contribution in [0.25, 0.3) is 22.8 Å². The number of nitrogen functional groups attached to an aromatic ring is 1. The quantitative estimate of drug-likeness (QED) is 0.662. The maximum atomic E-state index is 14.7. The SMILES string of the molecule is CCOc1cnc(-c2nc(-c3ccc(Cl)c(OC)c3F)cc(N)c2Cl)o1. The van der Waals surface area contributed by atoms with Crippen molar-refractivity contribution >= 4 is 28.9 Å². The molecule has 0 aliphatic rings. The number of ether oxygens (including phenoxy) is 2. The van der Waals surface area contributed by atoms with Gasteiger partial charge in [-0.2, -0.15) is 0 Å². The van der Waals surface area contributed by atoms with Gasteiger partial charge in [0.2, 0.25) is 0 Å². The maximum Gasteiger partial charge on any atom is 0.305 e. The van der Waals surface area contributed by atoms with Crippen molar-refractivity contribution in [3.63, 3.8) is 0 Å². The Bertz CT molecular complexity index is 963. The first kappa shape index (κ1) is 18.3. The van der Waals surface area contributed by atoms with Crippen molar-refractivity contribution in [3.05, 3.63) is 40.3 Å². The number of pyridine rings is 1. The molecule has 0 saturated heterocycles. The van der Waals surface area contributed by atoms with Crippen LogP contribution in [0.15, 0.2) is 28.8 Å². The molecule has 0 radical (unpaired) electrons. The summed E-state index contributed by atoms with van der Waals surface area (Å²) in [5.74, 6) is -0.435. The minimum Gasteiger partial charge on any atom is -0.492 e. The number of halogens is 3. The molecule has 3 rings (SSSR count). The third kappa shape index (κ3) is 3.27. The molecular formula is C17H14Cl2FN3O3. The van der Waals surface area contributed by atoms with Gasteiger partial charge in [-0.05, 0) is 25.1 Å². The van der Waals surface area contributed by atoms with Gasteiger partial charge in [0, 0.05) is 5.56 Å². The zero-order valence-corrected chi connectivity index (χ0v) is 15.4. The average Bonchev–Trinajstić information content (AvgIpc) is 3.06. The molecule has 9 heteroatoms. The van der Waals surface area contributed by atoms with Gasteiger partial charge in [0.05, 0.1) is 35.1 Å². The lowest BCUT2D eigenvalue weighted by molar-refractivity contribution is 0.260. The number of anilines is 1. The molecule has 3 aromatic rings. The first-order chi connectivity index (χ1) is 12.5. The molecule has 0 aliphatic carbocycles. The lowest BCUT2D eigenvalue weighted by Crippen LogP contribution is -1.99. The molecule has 0 unspecified atom stereocenters.